The number of rotatable bonds is 2. The van der Waals surface area contributed by atoms with Gasteiger partial charge >= 0.3 is 5.97 Å². The third-order valence-electron chi connectivity index (χ3n) is 1.55. The van der Waals surface area contributed by atoms with Crippen molar-refractivity contribution in [1.29, 1.82) is 0 Å². The summed E-state index contributed by atoms with van der Waals surface area (Å²) in [7, 11) is 1.23. The summed E-state index contributed by atoms with van der Waals surface area (Å²) in [6, 6.07) is 4.55. The van der Waals surface area contributed by atoms with E-state index in [1.165, 1.54) is 25.3 Å². The largest absolute Gasteiger partial charge is 0.465 e. The fourth-order valence-corrected chi connectivity index (χ4v) is 1.17. The summed E-state index contributed by atoms with van der Waals surface area (Å²) in [6.45, 7) is 0. The highest BCUT2D eigenvalue weighted by Gasteiger charge is 2.13. The van der Waals surface area contributed by atoms with Crippen LogP contribution in [-0.4, -0.2) is 19.2 Å². The summed E-state index contributed by atoms with van der Waals surface area (Å²) in [6.07, 6.45) is 1.33. The average molecular weight is 212 g/mol. The Morgan fingerprint density at radius 2 is 2.29 bits per heavy atom. The van der Waals surface area contributed by atoms with E-state index in [4.69, 9.17) is 11.6 Å². The Morgan fingerprint density at radius 1 is 1.57 bits per heavy atom. The fourth-order valence-electron chi connectivity index (χ4n) is 0.949. The normalized spacial score (nSPS) is 9.00. The van der Waals surface area contributed by atoms with Crippen molar-refractivity contribution in [2.24, 2.45) is 4.99 Å². The lowest BCUT2D eigenvalue weighted by atomic mass is 10.2. The standard InChI is InChI=1S/C9H6ClNO3/c1-14-9(13)6-3-2-4-7(10)8(6)11-5-12/h2-4H,1H3. The van der Waals surface area contributed by atoms with Crippen LogP contribution < -0.4 is 0 Å². The van der Waals surface area contributed by atoms with Gasteiger partial charge in [0.15, 0.2) is 0 Å². The summed E-state index contributed by atoms with van der Waals surface area (Å²) in [5, 5.41) is 0.205. The second-order valence-corrected chi connectivity index (χ2v) is 2.74. The van der Waals surface area contributed by atoms with E-state index >= 15 is 0 Å². The third-order valence-corrected chi connectivity index (χ3v) is 1.85. The first-order valence-electron chi connectivity index (χ1n) is 3.65. The van der Waals surface area contributed by atoms with Gasteiger partial charge in [-0.25, -0.2) is 9.59 Å². The maximum Gasteiger partial charge on any atom is 0.340 e. The minimum absolute atomic E-state index is 0.0796. The van der Waals surface area contributed by atoms with Crippen LogP contribution >= 0.6 is 11.6 Å². The highest BCUT2D eigenvalue weighted by molar-refractivity contribution is 6.33. The van der Waals surface area contributed by atoms with Crippen LogP contribution in [0.5, 0.6) is 0 Å². The van der Waals surface area contributed by atoms with E-state index in [0.717, 1.165) is 0 Å². The van der Waals surface area contributed by atoms with Crippen LogP contribution in [0.25, 0.3) is 0 Å². The molecule has 0 saturated carbocycles. The Kier molecular flexibility index (Phi) is 3.40. The second kappa shape index (κ2) is 4.56. The van der Waals surface area contributed by atoms with Gasteiger partial charge in [-0.2, -0.15) is 4.99 Å². The number of benzene rings is 1. The lowest BCUT2D eigenvalue weighted by molar-refractivity contribution is 0.0602. The first kappa shape index (κ1) is 10.4. The molecule has 0 aromatic heterocycles. The molecular weight excluding hydrogens is 206 g/mol. The predicted molar refractivity (Wildman–Crippen MR) is 50.6 cm³/mol. The number of esters is 1. The van der Waals surface area contributed by atoms with E-state index in [1.807, 2.05) is 0 Å². The van der Waals surface area contributed by atoms with Gasteiger partial charge in [0.2, 0.25) is 6.08 Å². The van der Waals surface area contributed by atoms with E-state index in [0.29, 0.717) is 0 Å². The van der Waals surface area contributed by atoms with Crippen LogP contribution in [0.15, 0.2) is 23.2 Å². The van der Waals surface area contributed by atoms with Crippen LogP contribution in [0.3, 0.4) is 0 Å². The SMILES string of the molecule is COC(=O)c1cccc(Cl)c1N=C=O. The molecule has 0 saturated heterocycles. The molecule has 0 unspecified atom stereocenters. The quantitative estimate of drug-likeness (QED) is 0.428. The van der Waals surface area contributed by atoms with Crippen LogP contribution in [0.2, 0.25) is 5.02 Å². The number of halogens is 1. The summed E-state index contributed by atoms with van der Waals surface area (Å²) in [5.41, 5.74) is 0.222. The maximum absolute atomic E-state index is 11.2. The number of ether oxygens (including phenoxy) is 1. The molecule has 0 N–H and O–H groups in total. The van der Waals surface area contributed by atoms with Crippen LogP contribution in [-0.2, 0) is 9.53 Å². The monoisotopic (exact) mass is 211 g/mol. The molecule has 1 aromatic carbocycles. The molecule has 0 aliphatic heterocycles. The van der Waals surface area contributed by atoms with E-state index in [2.05, 4.69) is 9.73 Å². The van der Waals surface area contributed by atoms with Gasteiger partial charge in [-0.1, -0.05) is 17.7 Å². The zero-order valence-electron chi connectivity index (χ0n) is 7.28. The molecule has 0 fully saturated rings. The third kappa shape index (κ3) is 1.99. The van der Waals surface area contributed by atoms with Gasteiger partial charge in [0.05, 0.1) is 17.7 Å². The van der Waals surface area contributed by atoms with Crippen molar-refractivity contribution in [3.05, 3.63) is 28.8 Å². The highest BCUT2D eigenvalue weighted by Crippen LogP contribution is 2.28. The van der Waals surface area contributed by atoms with E-state index in [-0.39, 0.29) is 16.3 Å². The molecule has 14 heavy (non-hydrogen) atoms. The fraction of sp³-hybridized carbons (Fsp3) is 0.111. The Hall–Kier alpha value is -1.64. The van der Waals surface area contributed by atoms with E-state index < -0.39 is 5.97 Å². The van der Waals surface area contributed by atoms with E-state index in [9.17, 15) is 9.59 Å². The van der Waals surface area contributed by atoms with Gasteiger partial charge in [0.1, 0.15) is 5.69 Å². The molecule has 0 amide bonds. The van der Waals surface area contributed by atoms with Crippen molar-refractivity contribution in [1.82, 2.24) is 0 Å². The summed E-state index contributed by atoms with van der Waals surface area (Å²) in [5.74, 6) is -0.596. The van der Waals surface area contributed by atoms with Crippen molar-refractivity contribution in [2.45, 2.75) is 0 Å². The summed E-state index contributed by atoms with van der Waals surface area (Å²) in [4.78, 5) is 24.6. The van der Waals surface area contributed by atoms with Crippen molar-refractivity contribution in [3.63, 3.8) is 0 Å². The Balaban J connectivity index is 3.34. The van der Waals surface area contributed by atoms with Crippen LogP contribution in [0, 0.1) is 0 Å². The van der Waals surface area contributed by atoms with Gasteiger partial charge in [-0.3, -0.25) is 0 Å². The summed E-state index contributed by atoms with van der Waals surface area (Å²) >= 11 is 5.73. The maximum atomic E-state index is 11.2. The molecule has 0 aliphatic carbocycles. The zero-order valence-corrected chi connectivity index (χ0v) is 8.04. The predicted octanol–water partition coefficient (Wildman–Crippen LogP) is 2.09. The van der Waals surface area contributed by atoms with Crippen LogP contribution in [0.4, 0.5) is 5.69 Å². The van der Waals surface area contributed by atoms with Crippen LogP contribution in [0.1, 0.15) is 10.4 Å². The van der Waals surface area contributed by atoms with Gasteiger partial charge in [0.25, 0.3) is 0 Å². The molecule has 72 valence electrons. The number of aliphatic imine (C=N–C) groups is 1. The Morgan fingerprint density at radius 3 is 2.86 bits per heavy atom. The number of carbonyl (C=O) groups excluding carboxylic acids is 2. The molecule has 1 aromatic rings. The van der Waals surface area contributed by atoms with Crippen molar-refractivity contribution >= 4 is 29.3 Å². The molecule has 0 aliphatic rings. The Bertz CT molecular complexity index is 411. The first-order valence-corrected chi connectivity index (χ1v) is 4.03. The minimum atomic E-state index is -0.596. The smallest absolute Gasteiger partial charge is 0.340 e. The molecule has 0 spiro atoms. The number of para-hydroxylation sites is 1. The second-order valence-electron chi connectivity index (χ2n) is 2.33. The van der Waals surface area contributed by atoms with Crippen molar-refractivity contribution < 1.29 is 14.3 Å². The number of methoxy groups -OCH3 is 1. The number of carbonyl (C=O) groups is 1. The first-order chi connectivity index (χ1) is 6.70. The van der Waals surface area contributed by atoms with Crippen molar-refractivity contribution in [3.8, 4) is 0 Å². The lowest BCUT2D eigenvalue weighted by Gasteiger charge is -2.02. The number of hydrogen-bond donors (Lipinski definition) is 0. The highest BCUT2D eigenvalue weighted by atomic mass is 35.5. The molecule has 0 atom stereocenters. The molecular formula is C9H6ClNO3. The molecule has 4 nitrogen and oxygen atoms in total. The number of nitrogens with zero attached hydrogens (tertiary/aromatic N) is 1. The topological polar surface area (TPSA) is 55.7 Å². The number of hydrogen-bond acceptors (Lipinski definition) is 4. The Labute approximate surface area is 85.2 Å². The van der Waals surface area contributed by atoms with Gasteiger partial charge in [0, 0.05) is 0 Å². The van der Waals surface area contributed by atoms with Gasteiger partial charge in [-0.15, -0.1) is 0 Å². The van der Waals surface area contributed by atoms with Crippen molar-refractivity contribution in [2.75, 3.05) is 7.11 Å². The molecule has 0 bridgehead atoms. The summed E-state index contributed by atoms with van der Waals surface area (Å²) < 4.78 is 4.49. The van der Waals surface area contributed by atoms with Gasteiger partial charge in [-0.05, 0) is 12.1 Å². The lowest BCUT2D eigenvalue weighted by Crippen LogP contribution is -2.01. The van der Waals surface area contributed by atoms with E-state index in [1.54, 1.807) is 6.07 Å². The van der Waals surface area contributed by atoms with Gasteiger partial charge < -0.3 is 4.74 Å². The average Bonchev–Trinajstić information content (AvgIpc) is 2.20. The zero-order chi connectivity index (χ0) is 10.6. The molecule has 0 radical (unpaired) electrons. The molecule has 5 heteroatoms. The number of isocyanates is 1. The molecule has 1 rings (SSSR count). The molecule has 0 heterocycles. The minimum Gasteiger partial charge on any atom is -0.465 e.